The van der Waals surface area contributed by atoms with Crippen molar-refractivity contribution in [2.75, 3.05) is 77.6 Å². The zero-order valence-electron chi connectivity index (χ0n) is 31.9. The maximum Gasteiger partial charge on any atom is 0.248 e. The Morgan fingerprint density at radius 2 is 1.89 bits per heavy atom. The van der Waals surface area contributed by atoms with Gasteiger partial charge in [-0.3, -0.25) is 14.5 Å². The molecule has 2 aromatic carbocycles. The molecule has 290 valence electrons. The molecule has 2 aliphatic rings. The van der Waals surface area contributed by atoms with Gasteiger partial charge >= 0.3 is 0 Å². The number of nitrogens with zero attached hydrogens (tertiary/aromatic N) is 4. The van der Waals surface area contributed by atoms with Gasteiger partial charge in [0, 0.05) is 77.1 Å². The average Bonchev–Trinajstić information content (AvgIpc) is 3.17. The topological polar surface area (TPSA) is 143 Å². The maximum absolute atomic E-state index is 12.7. The highest BCUT2D eigenvalue weighted by atomic mass is 16.5. The average molecular weight is 741 g/mol. The van der Waals surface area contributed by atoms with E-state index in [1.54, 1.807) is 24.1 Å². The van der Waals surface area contributed by atoms with E-state index in [1.807, 2.05) is 6.20 Å². The molecule has 0 radical (unpaired) electrons. The summed E-state index contributed by atoms with van der Waals surface area (Å²) in [5.41, 5.74) is 4.31. The van der Waals surface area contributed by atoms with E-state index >= 15 is 0 Å². The minimum Gasteiger partial charge on any atom is -0.506 e. The number of aromatic hydroxyl groups is 1. The second-order valence-electron chi connectivity index (χ2n) is 15.1. The summed E-state index contributed by atoms with van der Waals surface area (Å²) in [6.45, 7) is 12.0. The fourth-order valence-electron chi connectivity index (χ4n) is 7.48. The van der Waals surface area contributed by atoms with E-state index in [1.165, 1.54) is 28.8 Å². The van der Waals surface area contributed by atoms with Crippen LogP contribution in [0.4, 0.5) is 5.82 Å². The lowest BCUT2D eigenvalue weighted by Gasteiger charge is -2.47. The van der Waals surface area contributed by atoms with E-state index in [-0.39, 0.29) is 29.4 Å². The number of pyridine rings is 2. The number of hydrogen-bond acceptors (Lipinski definition) is 10. The van der Waals surface area contributed by atoms with Gasteiger partial charge in [0.15, 0.2) is 0 Å². The molecule has 2 aromatic heterocycles. The number of aliphatic hydroxyl groups excluding tert-OH is 1. The number of amides is 1. The zero-order chi connectivity index (χ0) is 38.1. The third kappa shape index (κ3) is 10.2. The molecule has 12 nitrogen and oxygen atoms in total. The highest BCUT2D eigenvalue weighted by molar-refractivity contribution is 5.87. The number of ether oxygens (including phenoxy) is 2. The van der Waals surface area contributed by atoms with Crippen LogP contribution in [0.2, 0.25) is 0 Å². The molecule has 12 heteroatoms. The molecule has 2 saturated heterocycles. The standard InChI is InChI=1S/C42H56N6O6/c1-30(2)33-11-16-44-38(26-33)48-21-24-54-42(29-48)14-18-47(19-15-42)28-32-6-4-5-31(25-32)12-22-53-23-13-40(52)46(3)20-17-43-27-37(50)34-7-9-36(49)41-35(34)8-10-39(51)45-41/h4-11,16,25-26,30,37,43,49-50H,12-15,17-24,27-29H2,1-3H3,(H,45,51)/t37-/m0/s1. The van der Waals surface area contributed by atoms with Gasteiger partial charge in [0.2, 0.25) is 11.5 Å². The number of hydrogen-bond donors (Lipinski definition) is 4. The van der Waals surface area contributed by atoms with E-state index in [0.29, 0.717) is 55.1 Å². The summed E-state index contributed by atoms with van der Waals surface area (Å²) in [5, 5.41) is 24.6. The van der Waals surface area contributed by atoms with Crippen LogP contribution in [0.5, 0.6) is 5.75 Å². The largest absolute Gasteiger partial charge is 0.506 e. The number of anilines is 1. The fraction of sp³-hybridized carbons (Fsp3) is 0.500. The van der Waals surface area contributed by atoms with Crippen molar-refractivity contribution in [3.8, 4) is 5.75 Å². The van der Waals surface area contributed by atoms with E-state index in [2.05, 4.69) is 70.3 Å². The van der Waals surface area contributed by atoms with Gasteiger partial charge in [-0.25, -0.2) is 4.98 Å². The number of aromatic amines is 1. The smallest absolute Gasteiger partial charge is 0.248 e. The second-order valence-corrected chi connectivity index (χ2v) is 15.1. The lowest BCUT2D eigenvalue weighted by Crippen LogP contribution is -2.57. The third-order valence-electron chi connectivity index (χ3n) is 10.8. The number of fused-ring (bicyclic) bond motifs is 1. The van der Waals surface area contributed by atoms with Gasteiger partial charge in [-0.05, 0) is 71.7 Å². The van der Waals surface area contributed by atoms with Crippen molar-refractivity contribution in [2.45, 2.75) is 63.7 Å². The Bertz CT molecular complexity index is 1910. The van der Waals surface area contributed by atoms with Crippen molar-refractivity contribution in [1.82, 2.24) is 25.1 Å². The Morgan fingerprint density at radius 1 is 1.07 bits per heavy atom. The summed E-state index contributed by atoms with van der Waals surface area (Å²) in [6.07, 6.45) is 4.19. The predicted octanol–water partition coefficient (Wildman–Crippen LogP) is 4.35. The molecule has 0 unspecified atom stereocenters. The molecule has 54 heavy (non-hydrogen) atoms. The molecule has 0 saturated carbocycles. The molecule has 6 rings (SSSR count). The first-order chi connectivity index (χ1) is 26.1. The molecular weight excluding hydrogens is 684 g/mol. The number of H-pyrrole nitrogens is 1. The highest BCUT2D eigenvalue weighted by Gasteiger charge is 2.40. The first kappa shape index (κ1) is 39.4. The monoisotopic (exact) mass is 740 g/mol. The number of phenolic OH excluding ortho intramolecular Hbond substituents is 1. The summed E-state index contributed by atoms with van der Waals surface area (Å²) >= 11 is 0. The molecule has 1 atom stereocenters. The summed E-state index contributed by atoms with van der Waals surface area (Å²) in [4.78, 5) is 38.3. The Kier molecular flexibility index (Phi) is 13.4. The fourth-order valence-corrected chi connectivity index (χ4v) is 7.48. The maximum atomic E-state index is 12.7. The minimum absolute atomic E-state index is 0.000489. The lowest BCUT2D eigenvalue weighted by atomic mass is 9.89. The highest BCUT2D eigenvalue weighted by Crippen LogP contribution is 2.33. The van der Waals surface area contributed by atoms with Gasteiger partial charge in [-0.2, -0.15) is 0 Å². The Morgan fingerprint density at radius 3 is 2.70 bits per heavy atom. The molecule has 0 aliphatic carbocycles. The number of piperidine rings is 1. The molecule has 4 N–H and O–H groups in total. The van der Waals surface area contributed by atoms with Crippen LogP contribution in [0.3, 0.4) is 0 Å². The second kappa shape index (κ2) is 18.3. The van der Waals surface area contributed by atoms with Crippen LogP contribution in [0.25, 0.3) is 10.9 Å². The number of carbonyl (C=O) groups is 1. The number of aliphatic hydroxyl groups is 1. The van der Waals surface area contributed by atoms with Crippen molar-refractivity contribution >= 4 is 22.6 Å². The Balaban J connectivity index is 0.857. The zero-order valence-corrected chi connectivity index (χ0v) is 31.9. The first-order valence-corrected chi connectivity index (χ1v) is 19.3. The molecule has 4 heterocycles. The molecule has 2 fully saturated rings. The summed E-state index contributed by atoms with van der Waals surface area (Å²) < 4.78 is 12.3. The summed E-state index contributed by atoms with van der Waals surface area (Å²) in [6, 6.07) is 19.1. The van der Waals surface area contributed by atoms with Gasteiger partial charge in [0.25, 0.3) is 0 Å². The number of rotatable bonds is 16. The molecule has 2 aliphatic heterocycles. The van der Waals surface area contributed by atoms with E-state index in [4.69, 9.17) is 14.5 Å². The Hall–Kier alpha value is -4.33. The van der Waals surface area contributed by atoms with Crippen LogP contribution in [0, 0.1) is 0 Å². The molecule has 4 aromatic rings. The first-order valence-electron chi connectivity index (χ1n) is 19.3. The Labute approximate surface area is 318 Å². The van der Waals surface area contributed by atoms with Crippen molar-refractivity contribution in [3.63, 3.8) is 0 Å². The third-order valence-corrected chi connectivity index (χ3v) is 10.8. The van der Waals surface area contributed by atoms with Gasteiger partial charge in [0.1, 0.15) is 11.6 Å². The van der Waals surface area contributed by atoms with Crippen LogP contribution in [0.1, 0.15) is 67.4 Å². The number of morpholine rings is 1. The summed E-state index contributed by atoms with van der Waals surface area (Å²) in [7, 11) is 1.76. The summed E-state index contributed by atoms with van der Waals surface area (Å²) in [5.74, 6) is 1.49. The van der Waals surface area contributed by atoms with Crippen molar-refractivity contribution < 1.29 is 24.5 Å². The van der Waals surface area contributed by atoms with E-state index in [9.17, 15) is 19.8 Å². The molecule has 1 spiro atoms. The quantitative estimate of drug-likeness (QED) is 0.123. The molecule has 1 amide bonds. The predicted molar refractivity (Wildman–Crippen MR) is 211 cm³/mol. The number of likely N-dealkylation sites (tertiary alicyclic amines) is 1. The van der Waals surface area contributed by atoms with Crippen LogP contribution < -0.4 is 15.8 Å². The van der Waals surface area contributed by atoms with E-state index < -0.39 is 6.10 Å². The number of benzene rings is 2. The SMILES string of the molecule is CC(C)c1ccnc(N2CCOC3(CCN(Cc4cccc(CCOCCC(=O)N(C)CCNC[C@H](O)c5ccc(O)c6[nH]c(=O)ccc56)c4)CC3)C2)c1. The van der Waals surface area contributed by atoms with Crippen LogP contribution in [-0.4, -0.2) is 114 Å². The number of likely N-dealkylation sites (N-methyl/N-ethyl adjacent to an activating group) is 1. The molecule has 0 bridgehead atoms. The van der Waals surface area contributed by atoms with Crippen LogP contribution >= 0.6 is 0 Å². The van der Waals surface area contributed by atoms with Crippen molar-refractivity contribution in [3.05, 3.63) is 99.5 Å². The van der Waals surface area contributed by atoms with E-state index in [0.717, 1.165) is 64.4 Å². The van der Waals surface area contributed by atoms with Gasteiger partial charge < -0.3 is 39.8 Å². The van der Waals surface area contributed by atoms with Crippen LogP contribution in [0.15, 0.2) is 71.7 Å². The number of carbonyl (C=O) groups excluding carboxylic acids is 1. The number of phenols is 1. The van der Waals surface area contributed by atoms with Crippen molar-refractivity contribution in [1.29, 1.82) is 0 Å². The number of aromatic nitrogens is 2. The molecular formula is C42H56N6O6. The van der Waals surface area contributed by atoms with Crippen molar-refractivity contribution in [2.24, 2.45) is 0 Å². The minimum atomic E-state index is -0.855. The van der Waals surface area contributed by atoms with Crippen LogP contribution in [-0.2, 0) is 27.2 Å². The van der Waals surface area contributed by atoms with Gasteiger partial charge in [0.05, 0.1) is 43.5 Å². The van der Waals surface area contributed by atoms with Gasteiger partial charge in [-0.15, -0.1) is 0 Å². The van der Waals surface area contributed by atoms with Gasteiger partial charge in [-0.1, -0.05) is 44.2 Å². The normalized spacial score (nSPS) is 16.6. The lowest BCUT2D eigenvalue weighted by molar-refractivity contribution is -0.131. The number of nitrogens with one attached hydrogen (secondary N) is 2.